The topological polar surface area (TPSA) is 64.1 Å². The van der Waals surface area contributed by atoms with Crippen molar-refractivity contribution >= 4 is 34.1 Å². The number of anilines is 1. The lowest BCUT2D eigenvalue weighted by atomic mass is 10.1. The molecule has 4 rings (SSSR count). The van der Waals surface area contributed by atoms with Crippen molar-refractivity contribution in [1.82, 2.24) is 9.97 Å². The normalized spacial score (nSPS) is 12.4. The Kier molecular flexibility index (Phi) is 5.96. The second kappa shape index (κ2) is 8.84. The molecule has 1 heterocycles. The zero-order valence-corrected chi connectivity index (χ0v) is 17.1. The summed E-state index contributed by atoms with van der Waals surface area (Å²) in [4.78, 5) is 21.4. The van der Waals surface area contributed by atoms with Gasteiger partial charge in [-0.25, -0.2) is 9.97 Å². The van der Waals surface area contributed by atoms with E-state index in [1.807, 2.05) is 0 Å². The third-order valence-electron chi connectivity index (χ3n) is 4.63. The molecule has 1 unspecified atom stereocenters. The van der Waals surface area contributed by atoms with Gasteiger partial charge in [0.15, 0.2) is 0 Å². The molecule has 1 amide bonds. The van der Waals surface area contributed by atoms with Crippen molar-refractivity contribution in [1.29, 1.82) is 0 Å². The number of benzene rings is 3. The Morgan fingerprint density at radius 3 is 2.44 bits per heavy atom. The molecule has 9 heteroatoms. The van der Waals surface area contributed by atoms with Crippen LogP contribution in [0.5, 0.6) is 5.88 Å². The number of nitrogens with one attached hydrogen (secondary N) is 1. The summed E-state index contributed by atoms with van der Waals surface area (Å²) in [6.45, 7) is 0. The summed E-state index contributed by atoms with van der Waals surface area (Å²) in [6, 6.07) is 18.3. The van der Waals surface area contributed by atoms with E-state index in [1.54, 1.807) is 54.6 Å². The van der Waals surface area contributed by atoms with Crippen LogP contribution in [0.1, 0.15) is 17.2 Å². The van der Waals surface area contributed by atoms with E-state index in [2.05, 4.69) is 15.3 Å². The van der Waals surface area contributed by atoms with E-state index in [0.29, 0.717) is 16.5 Å². The molecule has 0 aliphatic rings. The summed E-state index contributed by atoms with van der Waals surface area (Å²) in [5, 5.41) is 3.00. The van der Waals surface area contributed by atoms with Crippen molar-refractivity contribution in [2.75, 3.05) is 5.32 Å². The van der Waals surface area contributed by atoms with Gasteiger partial charge < -0.3 is 10.1 Å². The van der Waals surface area contributed by atoms with E-state index in [-0.39, 0.29) is 16.6 Å². The predicted octanol–water partition coefficient (Wildman–Crippen LogP) is 6.06. The summed E-state index contributed by atoms with van der Waals surface area (Å²) in [6.07, 6.45) is -4.49. The van der Waals surface area contributed by atoms with Crippen molar-refractivity contribution in [2.24, 2.45) is 0 Å². The minimum atomic E-state index is -4.58. The average Bonchev–Trinajstić information content (AvgIpc) is 2.78. The molecule has 0 radical (unpaired) electrons. The van der Waals surface area contributed by atoms with Crippen molar-refractivity contribution in [3.63, 3.8) is 0 Å². The van der Waals surface area contributed by atoms with E-state index in [0.717, 1.165) is 18.2 Å². The maximum atomic E-state index is 13.1. The Bertz CT molecular complexity index is 1260. The molecule has 1 atom stereocenters. The number of amides is 1. The van der Waals surface area contributed by atoms with Gasteiger partial charge in [0.05, 0.1) is 27.2 Å². The van der Waals surface area contributed by atoms with Gasteiger partial charge in [-0.2, -0.15) is 13.2 Å². The molecule has 0 spiro atoms. The van der Waals surface area contributed by atoms with Gasteiger partial charge in [0.25, 0.3) is 5.91 Å². The number of fused-ring (bicyclic) bond motifs is 1. The maximum absolute atomic E-state index is 13.1. The molecule has 0 aliphatic carbocycles. The van der Waals surface area contributed by atoms with Crippen LogP contribution < -0.4 is 10.1 Å². The number of hydrogen-bond donors (Lipinski definition) is 1. The number of halogens is 4. The lowest BCUT2D eigenvalue weighted by molar-refractivity contribution is -0.137. The molecule has 1 N–H and O–H groups in total. The first kappa shape index (κ1) is 21.6. The highest BCUT2D eigenvalue weighted by Gasteiger charge is 2.32. The molecule has 0 aliphatic heterocycles. The van der Waals surface area contributed by atoms with Gasteiger partial charge in [0, 0.05) is 5.56 Å². The number of alkyl halides is 3. The Morgan fingerprint density at radius 1 is 0.969 bits per heavy atom. The van der Waals surface area contributed by atoms with E-state index in [1.165, 1.54) is 6.33 Å². The van der Waals surface area contributed by atoms with Gasteiger partial charge in [0.1, 0.15) is 6.33 Å². The van der Waals surface area contributed by atoms with Crippen LogP contribution in [-0.2, 0) is 11.0 Å². The lowest BCUT2D eigenvalue weighted by Crippen LogP contribution is -2.26. The SMILES string of the molecule is O=C(Nc1cc(C(F)(F)F)ccc1Cl)C(Oc1ncnc2ccccc12)c1ccccc1. The largest absolute Gasteiger partial charge is 0.459 e. The molecular formula is C23H15ClF3N3O2. The molecule has 32 heavy (non-hydrogen) atoms. The second-order valence-electron chi connectivity index (χ2n) is 6.79. The zero-order valence-electron chi connectivity index (χ0n) is 16.3. The predicted molar refractivity (Wildman–Crippen MR) is 114 cm³/mol. The minimum Gasteiger partial charge on any atom is -0.459 e. The minimum absolute atomic E-state index is 0.0364. The number of para-hydroxylation sites is 1. The van der Waals surface area contributed by atoms with E-state index < -0.39 is 23.8 Å². The smallest absolute Gasteiger partial charge is 0.416 e. The van der Waals surface area contributed by atoms with Gasteiger partial charge in [-0.1, -0.05) is 54.1 Å². The molecule has 1 aromatic heterocycles. The first-order chi connectivity index (χ1) is 15.3. The van der Waals surface area contributed by atoms with Crippen LogP contribution in [0, 0.1) is 0 Å². The van der Waals surface area contributed by atoms with Gasteiger partial charge in [-0.05, 0) is 30.3 Å². The number of aromatic nitrogens is 2. The Labute approximate surface area is 185 Å². The van der Waals surface area contributed by atoms with E-state index in [9.17, 15) is 18.0 Å². The molecule has 3 aromatic carbocycles. The van der Waals surface area contributed by atoms with Gasteiger partial charge in [0.2, 0.25) is 12.0 Å². The van der Waals surface area contributed by atoms with Crippen LogP contribution in [0.15, 0.2) is 79.1 Å². The fourth-order valence-corrected chi connectivity index (χ4v) is 3.25. The van der Waals surface area contributed by atoms with Gasteiger partial charge in [-0.3, -0.25) is 4.79 Å². The number of carbonyl (C=O) groups excluding carboxylic acids is 1. The molecule has 0 fully saturated rings. The van der Waals surface area contributed by atoms with Crippen molar-refractivity contribution in [2.45, 2.75) is 12.3 Å². The number of carbonyl (C=O) groups is 1. The van der Waals surface area contributed by atoms with Crippen molar-refractivity contribution < 1.29 is 22.7 Å². The monoisotopic (exact) mass is 457 g/mol. The summed E-state index contributed by atoms with van der Waals surface area (Å²) in [5.41, 5.74) is -0.0128. The highest BCUT2D eigenvalue weighted by molar-refractivity contribution is 6.33. The second-order valence-corrected chi connectivity index (χ2v) is 7.19. The quantitative estimate of drug-likeness (QED) is 0.395. The molecule has 0 saturated carbocycles. The average molecular weight is 458 g/mol. The summed E-state index contributed by atoms with van der Waals surface area (Å²) < 4.78 is 45.3. The Balaban J connectivity index is 1.70. The van der Waals surface area contributed by atoms with Crippen molar-refractivity contribution in [3.8, 4) is 5.88 Å². The highest BCUT2D eigenvalue weighted by atomic mass is 35.5. The van der Waals surface area contributed by atoms with Gasteiger partial charge >= 0.3 is 6.18 Å². The standard InChI is InChI=1S/C23H15ClF3N3O2/c24-17-11-10-15(23(25,26)27)12-19(17)30-21(31)20(14-6-2-1-3-7-14)32-22-16-8-4-5-9-18(16)28-13-29-22/h1-13,20H,(H,30,31). The molecular weight excluding hydrogens is 443 g/mol. The number of nitrogens with zero attached hydrogens (tertiary/aromatic N) is 2. The molecule has 5 nitrogen and oxygen atoms in total. The zero-order chi connectivity index (χ0) is 22.7. The van der Waals surface area contributed by atoms with Crippen LogP contribution in [0.4, 0.5) is 18.9 Å². The van der Waals surface area contributed by atoms with Gasteiger partial charge in [-0.15, -0.1) is 0 Å². The van der Waals surface area contributed by atoms with Crippen LogP contribution >= 0.6 is 11.6 Å². The third-order valence-corrected chi connectivity index (χ3v) is 4.96. The van der Waals surface area contributed by atoms with E-state index >= 15 is 0 Å². The van der Waals surface area contributed by atoms with Crippen LogP contribution in [0.3, 0.4) is 0 Å². The summed E-state index contributed by atoms with van der Waals surface area (Å²) in [5.74, 6) is -0.546. The van der Waals surface area contributed by atoms with Crippen LogP contribution in [0.25, 0.3) is 10.9 Å². The third kappa shape index (κ3) is 4.65. The number of ether oxygens (including phenoxy) is 1. The van der Waals surface area contributed by atoms with Crippen LogP contribution in [-0.4, -0.2) is 15.9 Å². The van der Waals surface area contributed by atoms with E-state index in [4.69, 9.17) is 16.3 Å². The fourth-order valence-electron chi connectivity index (χ4n) is 3.08. The first-order valence-electron chi connectivity index (χ1n) is 9.42. The maximum Gasteiger partial charge on any atom is 0.416 e. The Hall–Kier alpha value is -3.65. The molecule has 0 bridgehead atoms. The molecule has 162 valence electrons. The summed E-state index contributed by atoms with van der Waals surface area (Å²) in [7, 11) is 0. The summed E-state index contributed by atoms with van der Waals surface area (Å²) >= 11 is 6.04. The molecule has 0 saturated heterocycles. The Morgan fingerprint density at radius 2 is 1.69 bits per heavy atom. The van der Waals surface area contributed by atoms with Crippen molar-refractivity contribution in [3.05, 3.63) is 95.3 Å². The lowest BCUT2D eigenvalue weighted by Gasteiger charge is -2.20. The molecule has 4 aromatic rings. The fraction of sp³-hybridized carbons (Fsp3) is 0.0870. The number of hydrogen-bond acceptors (Lipinski definition) is 4. The first-order valence-corrected chi connectivity index (χ1v) is 9.79. The van der Waals surface area contributed by atoms with Crippen LogP contribution in [0.2, 0.25) is 5.02 Å². The highest BCUT2D eigenvalue weighted by Crippen LogP contribution is 2.35. The number of rotatable bonds is 5.